The van der Waals surface area contributed by atoms with Crippen molar-refractivity contribution in [2.45, 2.75) is 63.4 Å². The molecule has 2 aromatic rings. The number of hydrogen-bond donors (Lipinski definition) is 2. The van der Waals surface area contributed by atoms with E-state index in [0.717, 1.165) is 68.1 Å². The Morgan fingerprint density at radius 3 is 1.84 bits per heavy atom. The lowest BCUT2D eigenvalue weighted by Gasteiger charge is -2.38. The predicted octanol–water partition coefficient (Wildman–Crippen LogP) is 5.82. The van der Waals surface area contributed by atoms with Gasteiger partial charge in [0, 0.05) is 6.08 Å². The molecule has 8 nitrogen and oxygen atoms in total. The highest BCUT2D eigenvalue weighted by Crippen LogP contribution is 2.46. The summed E-state index contributed by atoms with van der Waals surface area (Å²) in [6.07, 6.45) is 9.09. The molecule has 2 aliphatic carbocycles. The van der Waals surface area contributed by atoms with Crippen LogP contribution in [0.4, 0.5) is 0 Å². The zero-order valence-corrected chi connectivity index (χ0v) is 24.5. The van der Waals surface area contributed by atoms with Crippen molar-refractivity contribution in [2.75, 3.05) is 13.2 Å². The first-order valence-corrected chi connectivity index (χ1v) is 14.8. The van der Waals surface area contributed by atoms with E-state index in [-0.39, 0.29) is 29.1 Å². The summed E-state index contributed by atoms with van der Waals surface area (Å²) in [5, 5.41) is 18.5. The second-order valence-corrected chi connectivity index (χ2v) is 11.4. The topological polar surface area (TPSA) is 119 Å². The largest absolute Gasteiger partial charge is 0.459 e. The average molecular weight is 589 g/mol. The minimum atomic E-state index is -0.687. The zero-order chi connectivity index (χ0) is 30.9. The van der Waals surface area contributed by atoms with E-state index in [1.165, 1.54) is 6.08 Å². The molecule has 2 N–H and O–H groups in total. The second kappa shape index (κ2) is 14.9. The summed E-state index contributed by atoms with van der Waals surface area (Å²) in [6, 6.07) is 12.7. The van der Waals surface area contributed by atoms with Crippen LogP contribution in [-0.2, 0) is 19.1 Å². The van der Waals surface area contributed by atoms with E-state index in [1.54, 1.807) is 18.2 Å². The second-order valence-electron chi connectivity index (χ2n) is 11.4. The first-order chi connectivity index (χ1) is 20.7. The Labute approximate surface area is 252 Å². The van der Waals surface area contributed by atoms with Gasteiger partial charge in [0.1, 0.15) is 17.6 Å². The lowest BCUT2D eigenvalue weighted by Crippen LogP contribution is -2.29. The number of esters is 3. The van der Waals surface area contributed by atoms with Gasteiger partial charge in [-0.05, 0) is 110 Å². The molecular formula is C35H40O8. The van der Waals surface area contributed by atoms with E-state index in [0.29, 0.717) is 23.3 Å². The molecule has 0 aliphatic heterocycles. The average Bonchev–Trinajstić information content (AvgIpc) is 3.04. The number of aliphatic hydroxyl groups excluding tert-OH is 2. The van der Waals surface area contributed by atoms with Crippen LogP contribution in [0.15, 0.2) is 79.4 Å². The van der Waals surface area contributed by atoms with Crippen molar-refractivity contribution in [2.24, 2.45) is 11.8 Å². The van der Waals surface area contributed by atoms with Gasteiger partial charge in [0.15, 0.2) is 0 Å². The number of benzene rings is 2. The summed E-state index contributed by atoms with van der Waals surface area (Å²) in [6.45, 7) is 9.61. The quantitative estimate of drug-likeness (QED) is 0.191. The van der Waals surface area contributed by atoms with Crippen LogP contribution in [0.3, 0.4) is 0 Å². The van der Waals surface area contributed by atoms with Crippen molar-refractivity contribution in [3.8, 4) is 22.6 Å². The molecular weight excluding hydrogens is 548 g/mol. The molecule has 0 saturated heterocycles. The number of rotatable bonds is 11. The summed E-state index contributed by atoms with van der Waals surface area (Å²) < 4.78 is 16.4. The number of ether oxygens (including phenoxy) is 3. The summed E-state index contributed by atoms with van der Waals surface area (Å²) in [5.41, 5.74) is 2.70. The van der Waals surface area contributed by atoms with Gasteiger partial charge in [-0.25, -0.2) is 14.4 Å². The fraction of sp³-hybridized carbons (Fsp3) is 0.400. The third kappa shape index (κ3) is 8.30. The predicted molar refractivity (Wildman–Crippen MR) is 162 cm³/mol. The van der Waals surface area contributed by atoms with Gasteiger partial charge in [-0.2, -0.15) is 0 Å². The monoisotopic (exact) mass is 588 g/mol. The maximum Gasteiger partial charge on any atom is 0.341 e. The highest BCUT2D eigenvalue weighted by atomic mass is 16.5. The minimum Gasteiger partial charge on any atom is -0.459 e. The Hall–Kier alpha value is -4.01. The van der Waals surface area contributed by atoms with Gasteiger partial charge in [-0.1, -0.05) is 37.9 Å². The third-order valence-electron chi connectivity index (χ3n) is 8.62. The highest BCUT2D eigenvalue weighted by molar-refractivity contribution is 5.90. The maximum absolute atomic E-state index is 12.5. The summed E-state index contributed by atoms with van der Waals surface area (Å²) in [7, 11) is 0. The van der Waals surface area contributed by atoms with Crippen LogP contribution < -0.4 is 9.47 Å². The molecule has 2 saturated carbocycles. The molecule has 0 bridgehead atoms. The van der Waals surface area contributed by atoms with Crippen molar-refractivity contribution >= 4 is 17.9 Å². The third-order valence-corrected chi connectivity index (χ3v) is 8.62. The van der Waals surface area contributed by atoms with Gasteiger partial charge < -0.3 is 24.4 Å². The molecule has 2 aromatic carbocycles. The van der Waals surface area contributed by atoms with Crippen LogP contribution in [0.2, 0.25) is 0 Å². The van der Waals surface area contributed by atoms with Crippen LogP contribution in [-0.4, -0.2) is 47.4 Å². The molecule has 0 unspecified atom stereocenters. The van der Waals surface area contributed by atoms with E-state index < -0.39 is 25.2 Å². The van der Waals surface area contributed by atoms with Gasteiger partial charge >= 0.3 is 17.9 Å². The van der Waals surface area contributed by atoms with Crippen LogP contribution in [0.25, 0.3) is 11.1 Å². The first kappa shape index (κ1) is 31.9. The fourth-order valence-corrected chi connectivity index (χ4v) is 6.13. The Balaban J connectivity index is 1.47. The molecule has 2 fully saturated rings. The van der Waals surface area contributed by atoms with E-state index in [1.807, 2.05) is 24.3 Å². The molecule has 8 heteroatoms. The molecule has 228 valence electrons. The van der Waals surface area contributed by atoms with Gasteiger partial charge in [-0.15, -0.1) is 0 Å². The Kier molecular flexibility index (Phi) is 11.1. The van der Waals surface area contributed by atoms with Crippen molar-refractivity contribution in [3.63, 3.8) is 0 Å². The molecule has 0 heterocycles. The van der Waals surface area contributed by atoms with Gasteiger partial charge in [0.05, 0.1) is 24.4 Å². The van der Waals surface area contributed by atoms with Crippen LogP contribution in [0.5, 0.6) is 11.5 Å². The summed E-state index contributed by atoms with van der Waals surface area (Å²) in [4.78, 5) is 36.0. The molecule has 0 radical (unpaired) electrons. The Morgan fingerprint density at radius 1 is 0.744 bits per heavy atom. The van der Waals surface area contributed by atoms with Gasteiger partial charge in [-0.3, -0.25) is 0 Å². The molecule has 0 aromatic heterocycles. The SMILES string of the molecule is C=CC(=O)OC1CCC(C2CCC(c3cc(-c4ccc(OC(=O)C(=C)CO)cc4)ccc3OC(=O)C(=C)CO)CC2)CC1. The zero-order valence-electron chi connectivity index (χ0n) is 24.5. The van der Waals surface area contributed by atoms with Crippen molar-refractivity contribution in [1.29, 1.82) is 0 Å². The molecule has 0 atom stereocenters. The molecule has 43 heavy (non-hydrogen) atoms. The van der Waals surface area contributed by atoms with Gasteiger partial charge in [0.25, 0.3) is 0 Å². The minimum absolute atomic E-state index is 0.0119. The maximum atomic E-state index is 12.5. The Morgan fingerprint density at radius 2 is 1.28 bits per heavy atom. The van der Waals surface area contributed by atoms with Crippen molar-refractivity contribution in [3.05, 3.63) is 85.0 Å². The summed E-state index contributed by atoms with van der Waals surface area (Å²) in [5.74, 6) is 0.506. The van der Waals surface area contributed by atoms with E-state index in [2.05, 4.69) is 19.7 Å². The fourth-order valence-electron chi connectivity index (χ4n) is 6.13. The lowest BCUT2D eigenvalue weighted by atomic mass is 9.69. The summed E-state index contributed by atoms with van der Waals surface area (Å²) >= 11 is 0. The number of carbonyl (C=O) groups is 3. The van der Waals surface area contributed by atoms with Crippen molar-refractivity contribution < 1.29 is 38.8 Å². The number of carbonyl (C=O) groups excluding carboxylic acids is 3. The molecule has 0 amide bonds. The highest BCUT2D eigenvalue weighted by Gasteiger charge is 2.33. The standard InChI is InChI=1S/C35H40O8/c1-4-33(38)41-29-14-9-25(10-15-29)24-5-7-27(8-6-24)31-19-28(13-18-32(31)43-35(40)23(3)21-37)26-11-16-30(17-12-26)42-34(39)22(2)20-36/h4,11-13,16-19,24-25,27,29,36-37H,1-3,5-10,14-15,20-21H2. The van der Waals surface area contributed by atoms with Crippen LogP contribution in [0, 0.1) is 11.8 Å². The van der Waals surface area contributed by atoms with E-state index in [9.17, 15) is 19.5 Å². The normalized spacial score (nSPS) is 21.7. The van der Waals surface area contributed by atoms with Crippen LogP contribution in [0.1, 0.15) is 62.8 Å². The Bertz CT molecular complexity index is 1340. The van der Waals surface area contributed by atoms with Crippen molar-refractivity contribution in [1.82, 2.24) is 0 Å². The van der Waals surface area contributed by atoms with Gasteiger partial charge in [0.2, 0.25) is 0 Å². The molecule has 4 rings (SSSR count). The van der Waals surface area contributed by atoms with E-state index in [4.69, 9.17) is 19.3 Å². The lowest BCUT2D eigenvalue weighted by molar-refractivity contribution is -0.145. The molecule has 0 spiro atoms. The smallest absolute Gasteiger partial charge is 0.341 e. The van der Waals surface area contributed by atoms with Crippen LogP contribution >= 0.6 is 0 Å². The number of hydrogen-bond acceptors (Lipinski definition) is 8. The molecule has 2 aliphatic rings. The number of aliphatic hydroxyl groups is 2. The first-order valence-electron chi connectivity index (χ1n) is 14.8. The van der Waals surface area contributed by atoms with E-state index >= 15 is 0 Å².